The van der Waals surface area contributed by atoms with Crippen LogP contribution in [0.2, 0.25) is 0 Å². The second-order valence-electron chi connectivity index (χ2n) is 5.01. The molecule has 0 amide bonds. The molecule has 18 heavy (non-hydrogen) atoms. The Morgan fingerprint density at radius 1 is 1.11 bits per heavy atom. The maximum Gasteiger partial charge on any atom is 0.147 e. The van der Waals surface area contributed by atoms with E-state index in [0.29, 0.717) is 0 Å². The van der Waals surface area contributed by atoms with Crippen molar-refractivity contribution >= 4 is 0 Å². The van der Waals surface area contributed by atoms with Crippen molar-refractivity contribution in [1.82, 2.24) is 9.96 Å². The second kappa shape index (κ2) is 7.39. The minimum atomic E-state index is 0.915. The van der Waals surface area contributed by atoms with E-state index in [0.717, 1.165) is 12.3 Å². The number of hydroxylamine groups is 2. The number of hydrogen-bond donors (Lipinski definition) is 0. The molecule has 1 aliphatic rings. The number of hydrogen-bond acceptors (Lipinski definition) is 3. The smallest absolute Gasteiger partial charge is 0.147 e. The number of piperidine rings is 1. The van der Waals surface area contributed by atoms with Gasteiger partial charge in [0, 0.05) is 13.6 Å². The molecule has 100 valence electrons. The summed E-state index contributed by atoms with van der Waals surface area (Å²) in [6.45, 7) is 4.74. The summed E-state index contributed by atoms with van der Waals surface area (Å²) in [5.41, 5.74) is 0. The van der Waals surface area contributed by atoms with Crippen molar-refractivity contribution in [2.24, 2.45) is 0 Å². The fraction of sp³-hybridized carbons (Fsp3) is 0.600. The summed E-state index contributed by atoms with van der Waals surface area (Å²) < 4.78 is 0. The van der Waals surface area contributed by atoms with Crippen LogP contribution in [0.4, 0.5) is 0 Å². The molecule has 0 N–H and O–H groups in total. The third kappa shape index (κ3) is 4.67. The molecule has 0 aromatic heterocycles. The Kier molecular flexibility index (Phi) is 5.49. The minimum absolute atomic E-state index is 0.915. The lowest BCUT2D eigenvalue weighted by Crippen LogP contribution is -2.33. The van der Waals surface area contributed by atoms with Gasteiger partial charge >= 0.3 is 0 Å². The van der Waals surface area contributed by atoms with Crippen molar-refractivity contribution in [2.75, 3.05) is 33.2 Å². The zero-order valence-electron chi connectivity index (χ0n) is 11.3. The van der Waals surface area contributed by atoms with Gasteiger partial charge in [-0.2, -0.15) is 0 Å². The lowest BCUT2D eigenvalue weighted by atomic mass is 10.1. The highest BCUT2D eigenvalue weighted by molar-refractivity contribution is 5.20. The Morgan fingerprint density at radius 2 is 1.83 bits per heavy atom. The van der Waals surface area contributed by atoms with Crippen LogP contribution in [0.1, 0.15) is 25.7 Å². The highest BCUT2D eigenvalue weighted by Gasteiger charge is 2.09. The quantitative estimate of drug-likeness (QED) is 0.720. The zero-order valence-corrected chi connectivity index (χ0v) is 11.3. The van der Waals surface area contributed by atoms with Crippen LogP contribution >= 0.6 is 0 Å². The van der Waals surface area contributed by atoms with Crippen molar-refractivity contribution in [3.63, 3.8) is 0 Å². The van der Waals surface area contributed by atoms with Gasteiger partial charge in [0.15, 0.2) is 0 Å². The maximum atomic E-state index is 5.72. The summed E-state index contributed by atoms with van der Waals surface area (Å²) in [7, 11) is 2.00. The first-order valence-electron chi connectivity index (χ1n) is 7.01. The fourth-order valence-corrected chi connectivity index (χ4v) is 2.41. The van der Waals surface area contributed by atoms with Crippen molar-refractivity contribution < 1.29 is 4.84 Å². The molecular formula is C15H24N2O. The molecule has 1 aromatic rings. The van der Waals surface area contributed by atoms with Crippen LogP contribution in [-0.2, 0) is 0 Å². The van der Waals surface area contributed by atoms with E-state index < -0.39 is 0 Å². The third-order valence-electron chi connectivity index (χ3n) is 3.40. The van der Waals surface area contributed by atoms with E-state index in [1.54, 1.807) is 0 Å². The van der Waals surface area contributed by atoms with E-state index in [1.165, 1.54) is 45.3 Å². The van der Waals surface area contributed by atoms with Crippen molar-refractivity contribution in [2.45, 2.75) is 25.7 Å². The van der Waals surface area contributed by atoms with Gasteiger partial charge in [0.25, 0.3) is 0 Å². The standard InChI is InChI=1S/C15H24N2O/c1-16(18-15-9-4-2-5-10-15)11-8-14-17-12-6-3-7-13-17/h2,4-5,9-10H,3,6-8,11-14H2,1H3. The Morgan fingerprint density at radius 3 is 2.56 bits per heavy atom. The van der Waals surface area contributed by atoms with Crippen LogP contribution in [0.3, 0.4) is 0 Å². The predicted octanol–water partition coefficient (Wildman–Crippen LogP) is 2.79. The lowest BCUT2D eigenvalue weighted by Gasteiger charge is -2.27. The molecule has 0 unspecified atom stereocenters. The van der Waals surface area contributed by atoms with Gasteiger partial charge in [0.1, 0.15) is 5.75 Å². The zero-order chi connectivity index (χ0) is 12.6. The lowest BCUT2D eigenvalue weighted by molar-refractivity contribution is -0.0342. The third-order valence-corrected chi connectivity index (χ3v) is 3.40. The second-order valence-corrected chi connectivity index (χ2v) is 5.01. The Balaban J connectivity index is 1.61. The van der Waals surface area contributed by atoms with Crippen LogP contribution in [0.5, 0.6) is 5.75 Å². The Labute approximate surface area is 110 Å². The highest BCUT2D eigenvalue weighted by Crippen LogP contribution is 2.11. The van der Waals surface area contributed by atoms with Crippen LogP contribution in [0.25, 0.3) is 0 Å². The fourth-order valence-electron chi connectivity index (χ4n) is 2.41. The Hall–Kier alpha value is -1.06. The molecule has 0 aliphatic carbocycles. The van der Waals surface area contributed by atoms with Crippen molar-refractivity contribution in [3.05, 3.63) is 30.3 Å². The summed E-state index contributed by atoms with van der Waals surface area (Å²) in [4.78, 5) is 8.29. The molecule has 0 saturated carbocycles. The van der Waals surface area contributed by atoms with Gasteiger partial charge in [-0.25, -0.2) is 0 Å². The van der Waals surface area contributed by atoms with Crippen molar-refractivity contribution in [3.8, 4) is 5.75 Å². The topological polar surface area (TPSA) is 15.7 Å². The van der Waals surface area contributed by atoms with E-state index in [2.05, 4.69) is 4.90 Å². The van der Waals surface area contributed by atoms with Gasteiger partial charge in [-0.3, -0.25) is 0 Å². The average molecular weight is 248 g/mol. The number of likely N-dealkylation sites (tertiary alicyclic amines) is 1. The molecular weight excluding hydrogens is 224 g/mol. The van der Waals surface area contributed by atoms with Gasteiger partial charge in [-0.05, 0) is 51.0 Å². The molecule has 1 heterocycles. The first-order chi connectivity index (χ1) is 8.84. The van der Waals surface area contributed by atoms with E-state index in [4.69, 9.17) is 4.84 Å². The SMILES string of the molecule is CN(CCCN1CCCCC1)Oc1ccccc1. The van der Waals surface area contributed by atoms with Crippen LogP contribution in [-0.4, -0.2) is 43.2 Å². The number of benzene rings is 1. The molecule has 0 atom stereocenters. The monoisotopic (exact) mass is 248 g/mol. The van der Waals surface area contributed by atoms with E-state index in [9.17, 15) is 0 Å². The molecule has 1 aromatic carbocycles. The molecule has 0 bridgehead atoms. The first-order valence-corrected chi connectivity index (χ1v) is 7.01. The molecule has 1 fully saturated rings. The van der Waals surface area contributed by atoms with E-state index >= 15 is 0 Å². The molecule has 0 spiro atoms. The highest BCUT2D eigenvalue weighted by atomic mass is 16.7. The van der Waals surface area contributed by atoms with E-state index in [-0.39, 0.29) is 0 Å². The number of nitrogens with zero attached hydrogens (tertiary/aromatic N) is 2. The molecule has 3 heteroatoms. The van der Waals surface area contributed by atoms with Crippen LogP contribution in [0.15, 0.2) is 30.3 Å². The minimum Gasteiger partial charge on any atom is -0.406 e. The largest absolute Gasteiger partial charge is 0.406 e. The summed E-state index contributed by atoms with van der Waals surface area (Å²) >= 11 is 0. The average Bonchev–Trinajstić information content (AvgIpc) is 2.41. The summed E-state index contributed by atoms with van der Waals surface area (Å²) in [6.07, 6.45) is 5.32. The Bertz CT molecular complexity index is 323. The maximum absolute atomic E-state index is 5.72. The van der Waals surface area contributed by atoms with Crippen LogP contribution in [0, 0.1) is 0 Å². The number of para-hydroxylation sites is 1. The molecule has 1 aliphatic heterocycles. The molecule has 1 saturated heterocycles. The van der Waals surface area contributed by atoms with Gasteiger partial charge < -0.3 is 9.74 Å². The van der Waals surface area contributed by atoms with Gasteiger partial charge in [-0.15, -0.1) is 5.06 Å². The van der Waals surface area contributed by atoms with Crippen LogP contribution < -0.4 is 4.84 Å². The molecule has 0 radical (unpaired) electrons. The van der Waals surface area contributed by atoms with Gasteiger partial charge in [0.2, 0.25) is 0 Å². The molecule has 3 nitrogen and oxygen atoms in total. The normalized spacial score (nSPS) is 17.0. The van der Waals surface area contributed by atoms with Gasteiger partial charge in [0.05, 0.1) is 0 Å². The van der Waals surface area contributed by atoms with Gasteiger partial charge in [-0.1, -0.05) is 24.6 Å². The number of rotatable bonds is 6. The van der Waals surface area contributed by atoms with Crippen molar-refractivity contribution in [1.29, 1.82) is 0 Å². The predicted molar refractivity (Wildman–Crippen MR) is 74.6 cm³/mol. The summed E-state index contributed by atoms with van der Waals surface area (Å²) in [5, 5.41) is 1.93. The first kappa shape index (κ1) is 13.4. The summed E-state index contributed by atoms with van der Waals surface area (Å²) in [5.74, 6) is 0.915. The molecule has 2 rings (SSSR count). The van der Waals surface area contributed by atoms with E-state index in [1.807, 2.05) is 42.4 Å². The summed E-state index contributed by atoms with van der Waals surface area (Å²) in [6, 6.07) is 9.97.